The van der Waals surface area contributed by atoms with Crippen molar-refractivity contribution in [1.29, 1.82) is 0 Å². The van der Waals surface area contributed by atoms with Crippen molar-refractivity contribution < 1.29 is 13.2 Å². The molecule has 1 aromatic carbocycles. The van der Waals surface area contributed by atoms with Gasteiger partial charge in [0.05, 0.1) is 5.75 Å². The Labute approximate surface area is 176 Å². The summed E-state index contributed by atoms with van der Waals surface area (Å²) in [6.07, 6.45) is 2.88. The minimum atomic E-state index is -2.46. The third kappa shape index (κ3) is 4.00. The summed E-state index contributed by atoms with van der Waals surface area (Å²) < 4.78 is 23.7. The van der Waals surface area contributed by atoms with Crippen molar-refractivity contribution in [3.63, 3.8) is 0 Å². The number of amides is 1. The van der Waals surface area contributed by atoms with Crippen molar-refractivity contribution in [2.24, 2.45) is 7.05 Å². The van der Waals surface area contributed by atoms with Crippen LogP contribution in [0.2, 0.25) is 0 Å². The molecular formula is C20H24N6O3S. The molecule has 1 aliphatic rings. The molecule has 30 heavy (non-hydrogen) atoms. The maximum absolute atomic E-state index is 11.9. The minimum Gasteiger partial charge on any atom is -0.364 e. The molecule has 0 radical (unpaired) electrons. The smallest absolute Gasteiger partial charge is 0.222 e. The molecule has 158 valence electrons. The van der Waals surface area contributed by atoms with Crippen LogP contribution in [-0.2, 0) is 28.3 Å². The predicted molar refractivity (Wildman–Crippen MR) is 115 cm³/mol. The normalized spacial score (nSPS) is 16.5. The maximum atomic E-state index is 11.9. The van der Waals surface area contributed by atoms with Gasteiger partial charge in [-0.05, 0) is 12.0 Å². The number of carbonyl (C=O) groups excluding carboxylic acids is 1. The van der Waals surface area contributed by atoms with E-state index in [1.54, 1.807) is 12.1 Å². The second kappa shape index (κ2) is 8.39. The lowest BCUT2D eigenvalue weighted by Gasteiger charge is -2.16. The summed E-state index contributed by atoms with van der Waals surface area (Å²) in [7, 11) is -0.565. The average Bonchev–Trinajstić information content (AvgIpc) is 3.33. The molecule has 1 amide bonds. The van der Waals surface area contributed by atoms with Crippen LogP contribution < -0.4 is 5.32 Å². The third-order valence-electron chi connectivity index (χ3n) is 5.36. The molecule has 1 saturated heterocycles. The lowest BCUT2D eigenvalue weighted by molar-refractivity contribution is -0.129. The van der Waals surface area contributed by atoms with E-state index in [2.05, 4.69) is 15.3 Å². The Morgan fingerprint density at radius 2 is 2.00 bits per heavy atom. The molecule has 1 fully saturated rings. The molecule has 0 saturated carbocycles. The second-order valence-corrected chi connectivity index (χ2v) is 8.38. The number of fused-ring (bicyclic) bond motifs is 1. The molecule has 0 bridgehead atoms. The van der Waals surface area contributed by atoms with E-state index >= 15 is 0 Å². The van der Waals surface area contributed by atoms with E-state index in [1.165, 1.54) is 6.33 Å². The summed E-state index contributed by atoms with van der Waals surface area (Å²) in [6, 6.07) is 7.44. The molecule has 3 aromatic rings. The molecular weight excluding hydrogens is 404 g/mol. The second-order valence-electron chi connectivity index (χ2n) is 7.40. The fraction of sp³-hybridized carbons (Fsp3) is 0.400. The largest absolute Gasteiger partial charge is 0.364 e. The Kier molecular flexibility index (Phi) is 5.67. The summed E-state index contributed by atoms with van der Waals surface area (Å²) in [5, 5.41) is 3.43. The van der Waals surface area contributed by atoms with Crippen LogP contribution in [0.15, 0.2) is 30.6 Å². The summed E-state index contributed by atoms with van der Waals surface area (Å²) in [5.41, 5.74) is 2.98. The van der Waals surface area contributed by atoms with Gasteiger partial charge in [-0.15, -0.1) is 0 Å². The van der Waals surface area contributed by atoms with Crippen LogP contribution in [0.3, 0.4) is 0 Å². The predicted octanol–water partition coefficient (Wildman–Crippen LogP) is 1.56. The number of hydrogen-bond acceptors (Lipinski definition) is 7. The Morgan fingerprint density at radius 3 is 2.70 bits per heavy atom. The van der Waals surface area contributed by atoms with Gasteiger partial charge in [0.1, 0.15) is 22.9 Å². The van der Waals surface area contributed by atoms with E-state index in [0.29, 0.717) is 29.9 Å². The monoisotopic (exact) mass is 428 g/mol. The van der Waals surface area contributed by atoms with Crippen molar-refractivity contribution in [3.8, 4) is 11.4 Å². The van der Waals surface area contributed by atoms with Crippen LogP contribution in [0.25, 0.3) is 22.6 Å². The van der Waals surface area contributed by atoms with Crippen molar-refractivity contribution in [1.82, 2.24) is 24.4 Å². The zero-order chi connectivity index (χ0) is 21.3. The van der Waals surface area contributed by atoms with Gasteiger partial charge in [0, 0.05) is 38.2 Å². The van der Waals surface area contributed by atoms with Crippen LogP contribution in [0, 0.1) is 0 Å². The number of benzene rings is 1. The van der Waals surface area contributed by atoms with Crippen LogP contribution in [-0.4, -0.2) is 57.9 Å². The molecule has 0 spiro atoms. The van der Waals surface area contributed by atoms with Gasteiger partial charge >= 0.3 is 0 Å². The molecule has 2 aromatic heterocycles. The standard InChI is InChI=1S/C20H24N6O3S/c1-3-16(27)26-9-8-15(10-26)23-18-17-20(22-12-21-18)25(2)19(24-17)14-6-4-13(5-7-14)11-30(28)29/h4-7,12,15,30H,3,8-11H2,1-2H3,(H,21,22,23). The number of rotatable bonds is 6. The van der Waals surface area contributed by atoms with Crippen molar-refractivity contribution in [2.75, 3.05) is 18.4 Å². The van der Waals surface area contributed by atoms with Gasteiger partial charge in [-0.1, -0.05) is 31.2 Å². The molecule has 1 aliphatic heterocycles. The highest BCUT2D eigenvalue weighted by Gasteiger charge is 2.26. The average molecular weight is 429 g/mol. The number of aryl methyl sites for hydroxylation is 1. The lowest BCUT2D eigenvalue weighted by atomic mass is 10.1. The van der Waals surface area contributed by atoms with Gasteiger partial charge in [0.2, 0.25) is 5.91 Å². The molecule has 3 heterocycles. The van der Waals surface area contributed by atoms with Gasteiger partial charge in [-0.3, -0.25) is 4.79 Å². The van der Waals surface area contributed by atoms with E-state index < -0.39 is 10.7 Å². The van der Waals surface area contributed by atoms with Crippen molar-refractivity contribution >= 4 is 33.6 Å². The fourth-order valence-corrected chi connectivity index (χ4v) is 4.30. The highest BCUT2D eigenvalue weighted by atomic mass is 32.2. The Hall–Kier alpha value is -3.01. The van der Waals surface area contributed by atoms with Gasteiger partial charge in [-0.2, -0.15) is 0 Å². The first kappa shape index (κ1) is 20.3. The van der Waals surface area contributed by atoms with E-state index in [4.69, 9.17) is 4.98 Å². The summed E-state index contributed by atoms with van der Waals surface area (Å²) in [5.74, 6) is 1.56. The SMILES string of the molecule is CCC(=O)N1CCC(Nc2ncnc3c2nc(-c2ccc(C[SH](=O)=O)cc2)n3C)C1. The first-order valence-corrected chi connectivity index (χ1v) is 11.3. The van der Waals surface area contributed by atoms with E-state index in [9.17, 15) is 13.2 Å². The van der Waals surface area contributed by atoms with Gasteiger partial charge in [0.15, 0.2) is 17.0 Å². The Balaban J connectivity index is 1.61. The highest BCUT2D eigenvalue weighted by Crippen LogP contribution is 2.27. The third-order valence-corrected chi connectivity index (χ3v) is 5.99. The zero-order valence-electron chi connectivity index (χ0n) is 16.9. The number of carbonyl (C=O) groups is 1. The summed E-state index contributed by atoms with van der Waals surface area (Å²) in [6.45, 7) is 3.27. The van der Waals surface area contributed by atoms with Crippen molar-refractivity contribution in [3.05, 3.63) is 36.2 Å². The highest BCUT2D eigenvalue weighted by molar-refractivity contribution is 7.71. The van der Waals surface area contributed by atoms with E-state index in [0.717, 1.165) is 29.9 Å². The van der Waals surface area contributed by atoms with Gasteiger partial charge < -0.3 is 14.8 Å². The Morgan fingerprint density at radius 1 is 1.23 bits per heavy atom. The molecule has 10 heteroatoms. The number of imidazole rings is 1. The number of aromatic nitrogens is 4. The molecule has 1 unspecified atom stereocenters. The number of thiol groups is 1. The molecule has 9 nitrogen and oxygen atoms in total. The number of likely N-dealkylation sites (tertiary alicyclic amines) is 1. The topological polar surface area (TPSA) is 110 Å². The molecule has 1 atom stereocenters. The summed E-state index contributed by atoms with van der Waals surface area (Å²) in [4.78, 5) is 27.3. The number of anilines is 1. The van der Waals surface area contributed by atoms with Gasteiger partial charge in [-0.25, -0.2) is 23.4 Å². The van der Waals surface area contributed by atoms with Crippen molar-refractivity contribution in [2.45, 2.75) is 31.6 Å². The van der Waals surface area contributed by atoms with Crippen LogP contribution in [0.1, 0.15) is 25.3 Å². The van der Waals surface area contributed by atoms with E-state index in [1.807, 2.05) is 35.6 Å². The van der Waals surface area contributed by atoms with Crippen LogP contribution >= 0.6 is 0 Å². The Bertz CT molecular complexity index is 1150. The first-order valence-electron chi connectivity index (χ1n) is 9.89. The molecule has 4 rings (SSSR count). The lowest BCUT2D eigenvalue weighted by Crippen LogP contribution is -2.31. The van der Waals surface area contributed by atoms with Crippen LogP contribution in [0.4, 0.5) is 5.82 Å². The summed E-state index contributed by atoms with van der Waals surface area (Å²) >= 11 is 0. The van der Waals surface area contributed by atoms with Gasteiger partial charge in [0.25, 0.3) is 0 Å². The van der Waals surface area contributed by atoms with E-state index in [-0.39, 0.29) is 17.7 Å². The molecule has 0 aliphatic carbocycles. The fourth-order valence-electron chi connectivity index (χ4n) is 3.79. The zero-order valence-corrected chi connectivity index (χ0v) is 17.8. The molecule has 1 N–H and O–H groups in total. The number of nitrogens with one attached hydrogen (secondary N) is 1. The first-order chi connectivity index (χ1) is 14.5. The number of hydrogen-bond donors (Lipinski definition) is 2. The van der Waals surface area contributed by atoms with Crippen LogP contribution in [0.5, 0.6) is 0 Å². The quantitative estimate of drug-likeness (QED) is 0.574. The minimum absolute atomic E-state index is 0.0244. The maximum Gasteiger partial charge on any atom is 0.222 e. The number of nitrogens with zero attached hydrogens (tertiary/aromatic N) is 5.